The van der Waals surface area contributed by atoms with E-state index in [4.69, 9.17) is 0 Å². The lowest BCUT2D eigenvalue weighted by Gasteiger charge is -2.29. The summed E-state index contributed by atoms with van der Waals surface area (Å²) in [5.41, 5.74) is 0.338. The molecule has 3 atom stereocenters. The third-order valence-electron chi connectivity index (χ3n) is 5.11. The normalized spacial score (nSPS) is 25.2. The first-order valence-electron chi connectivity index (χ1n) is 9.22. The van der Waals surface area contributed by atoms with Crippen LogP contribution in [-0.2, 0) is 19.6 Å². The first-order chi connectivity index (χ1) is 12.7. The van der Waals surface area contributed by atoms with E-state index >= 15 is 0 Å². The van der Waals surface area contributed by atoms with E-state index in [2.05, 4.69) is 9.71 Å². The van der Waals surface area contributed by atoms with Crippen molar-refractivity contribution < 1.29 is 18.0 Å². The number of nitrogens with one attached hydrogen (secondary N) is 1. The maximum atomic E-state index is 13.2. The number of carbonyl (C=O) groups excluding carboxylic acids is 2. The Balaban J connectivity index is 2.03. The van der Waals surface area contributed by atoms with Crippen molar-refractivity contribution in [1.29, 1.82) is 0 Å². The van der Waals surface area contributed by atoms with Crippen LogP contribution in [0.1, 0.15) is 34.1 Å². The van der Waals surface area contributed by atoms with Crippen molar-refractivity contribution >= 4 is 33.2 Å². The fraction of sp³-hybridized carbons (Fsp3) is 0.526. The van der Waals surface area contributed by atoms with Crippen LogP contribution in [0.4, 0.5) is 5.69 Å². The Labute approximate surface area is 159 Å². The van der Waals surface area contributed by atoms with Crippen molar-refractivity contribution in [3.8, 4) is 0 Å². The molecule has 1 amide bonds. The van der Waals surface area contributed by atoms with E-state index < -0.39 is 22.0 Å². The van der Waals surface area contributed by atoms with Crippen molar-refractivity contribution in [3.05, 3.63) is 24.3 Å². The topological polar surface area (TPSA) is 95.9 Å². The van der Waals surface area contributed by atoms with Gasteiger partial charge in [-0.3, -0.25) is 9.59 Å². The zero-order valence-corrected chi connectivity index (χ0v) is 16.8. The molecule has 0 spiro atoms. The number of Topliss-reactive ketones (excluding diaryl/α,β-unsaturated/α-hetero) is 1. The number of carbonyl (C=O) groups is 2. The number of ketones is 1. The average Bonchev–Trinajstić information content (AvgIpc) is 2.83. The molecule has 1 N–H and O–H groups in total. The summed E-state index contributed by atoms with van der Waals surface area (Å²) in [4.78, 5) is 27.9. The van der Waals surface area contributed by atoms with Gasteiger partial charge in [-0.15, -0.1) is 4.40 Å². The van der Waals surface area contributed by atoms with Crippen LogP contribution in [-0.4, -0.2) is 43.4 Å². The third-order valence-corrected chi connectivity index (χ3v) is 6.46. The summed E-state index contributed by atoms with van der Waals surface area (Å²) < 4.78 is 28.8. The van der Waals surface area contributed by atoms with Gasteiger partial charge in [0.25, 0.3) is 10.0 Å². The van der Waals surface area contributed by atoms with Crippen LogP contribution in [0, 0.1) is 17.8 Å². The van der Waals surface area contributed by atoms with Gasteiger partial charge in [-0.05, 0) is 24.0 Å². The third kappa shape index (κ3) is 3.38. The van der Waals surface area contributed by atoms with E-state index in [-0.39, 0.29) is 34.3 Å². The Kier molecular flexibility index (Phi) is 5.12. The Hall–Kier alpha value is -2.22. The highest BCUT2D eigenvalue weighted by Crippen LogP contribution is 2.34. The van der Waals surface area contributed by atoms with E-state index in [1.807, 2.05) is 27.7 Å². The molecule has 7 nitrogen and oxygen atoms in total. The summed E-state index contributed by atoms with van der Waals surface area (Å²) in [6.07, 6.45) is 0.742. The van der Waals surface area contributed by atoms with Gasteiger partial charge in [0.15, 0.2) is 11.7 Å². The maximum absolute atomic E-state index is 13.2. The number of hydrogen-bond acceptors (Lipinski definition) is 5. The SMILES string of the molecule is CCC(C)[C@H]1C(=O)C(C2=NS(=O)(=O)c3ccccc3N2)C(=O)N1CC(C)C. The summed E-state index contributed by atoms with van der Waals surface area (Å²) >= 11 is 0. The van der Waals surface area contributed by atoms with Gasteiger partial charge in [-0.25, -0.2) is 0 Å². The minimum absolute atomic E-state index is 0.0155. The van der Waals surface area contributed by atoms with Gasteiger partial charge in [0.1, 0.15) is 10.7 Å². The van der Waals surface area contributed by atoms with Gasteiger partial charge in [-0.1, -0.05) is 46.2 Å². The number of likely N-dealkylation sites (tertiary alicyclic amines) is 1. The molecule has 8 heteroatoms. The van der Waals surface area contributed by atoms with Crippen LogP contribution in [0.2, 0.25) is 0 Å². The number of amidine groups is 1. The molecule has 1 aromatic rings. The smallest absolute Gasteiger partial charge is 0.286 e. The van der Waals surface area contributed by atoms with E-state index in [1.54, 1.807) is 23.1 Å². The van der Waals surface area contributed by atoms with Crippen molar-refractivity contribution in [2.24, 2.45) is 22.2 Å². The molecule has 1 fully saturated rings. The number of fused-ring (bicyclic) bond motifs is 1. The molecule has 146 valence electrons. The Morgan fingerprint density at radius 1 is 1.19 bits per heavy atom. The van der Waals surface area contributed by atoms with Crippen LogP contribution in [0.25, 0.3) is 0 Å². The molecular formula is C19H25N3O4S. The Morgan fingerprint density at radius 2 is 1.85 bits per heavy atom. The maximum Gasteiger partial charge on any atom is 0.286 e. The number of sulfonamides is 1. The fourth-order valence-corrected chi connectivity index (χ4v) is 4.82. The monoisotopic (exact) mass is 391 g/mol. The molecule has 0 radical (unpaired) electrons. The summed E-state index contributed by atoms with van der Waals surface area (Å²) in [6.45, 7) is 8.33. The van der Waals surface area contributed by atoms with Crippen LogP contribution < -0.4 is 5.32 Å². The molecule has 0 aliphatic carbocycles. The van der Waals surface area contributed by atoms with Crippen molar-refractivity contribution in [2.45, 2.75) is 45.1 Å². The predicted molar refractivity (Wildman–Crippen MR) is 103 cm³/mol. The van der Waals surface area contributed by atoms with Crippen molar-refractivity contribution in [3.63, 3.8) is 0 Å². The Morgan fingerprint density at radius 3 is 2.48 bits per heavy atom. The molecule has 2 unspecified atom stereocenters. The second-order valence-electron chi connectivity index (χ2n) is 7.62. The molecule has 1 aromatic carbocycles. The van der Waals surface area contributed by atoms with Gasteiger partial charge in [0, 0.05) is 6.54 Å². The molecule has 1 saturated heterocycles. The summed E-state index contributed by atoms with van der Waals surface area (Å²) in [5, 5.41) is 2.91. The van der Waals surface area contributed by atoms with Crippen LogP contribution in [0.5, 0.6) is 0 Å². The quantitative estimate of drug-likeness (QED) is 0.777. The lowest BCUT2D eigenvalue weighted by atomic mass is 9.92. The summed E-state index contributed by atoms with van der Waals surface area (Å²) in [7, 11) is -3.96. The average molecular weight is 391 g/mol. The Bertz CT molecular complexity index is 907. The van der Waals surface area contributed by atoms with E-state index in [0.717, 1.165) is 6.42 Å². The lowest BCUT2D eigenvalue weighted by Crippen LogP contribution is -2.42. The summed E-state index contributed by atoms with van der Waals surface area (Å²) in [6, 6.07) is 5.79. The van der Waals surface area contributed by atoms with Gasteiger partial charge >= 0.3 is 0 Å². The molecule has 2 heterocycles. The second-order valence-corrected chi connectivity index (χ2v) is 9.20. The van der Waals surface area contributed by atoms with E-state index in [0.29, 0.717) is 12.2 Å². The van der Waals surface area contributed by atoms with Crippen LogP contribution in [0.15, 0.2) is 33.6 Å². The zero-order valence-electron chi connectivity index (χ0n) is 16.0. The lowest BCUT2D eigenvalue weighted by molar-refractivity contribution is -0.131. The highest BCUT2D eigenvalue weighted by molar-refractivity contribution is 7.90. The highest BCUT2D eigenvalue weighted by Gasteiger charge is 2.52. The predicted octanol–water partition coefficient (Wildman–Crippen LogP) is 2.30. The largest absolute Gasteiger partial charge is 0.341 e. The van der Waals surface area contributed by atoms with E-state index in [1.165, 1.54) is 6.07 Å². The number of hydrogen-bond donors (Lipinski definition) is 1. The number of anilines is 1. The molecule has 0 aromatic heterocycles. The van der Waals surface area contributed by atoms with Crippen molar-refractivity contribution in [2.75, 3.05) is 11.9 Å². The fourth-order valence-electron chi connectivity index (χ4n) is 3.67. The first-order valence-corrected chi connectivity index (χ1v) is 10.7. The van der Waals surface area contributed by atoms with Gasteiger partial charge < -0.3 is 10.2 Å². The molecule has 2 aliphatic rings. The second kappa shape index (κ2) is 7.07. The molecule has 27 heavy (non-hydrogen) atoms. The van der Waals surface area contributed by atoms with Crippen molar-refractivity contribution in [1.82, 2.24) is 4.90 Å². The standard InChI is InChI=1S/C19H25N3O4S/c1-5-12(4)16-17(23)15(19(24)22(16)10-11(2)3)18-20-13-8-6-7-9-14(13)27(25,26)21-18/h6-9,11-12,15-16H,5,10H2,1-4H3,(H,20,21)/t12?,15?,16-/m0/s1. The number of rotatable bonds is 5. The van der Waals surface area contributed by atoms with Gasteiger partial charge in [-0.2, -0.15) is 8.42 Å². The zero-order chi connectivity index (χ0) is 19.9. The van der Waals surface area contributed by atoms with Crippen LogP contribution >= 0.6 is 0 Å². The van der Waals surface area contributed by atoms with Crippen LogP contribution in [0.3, 0.4) is 0 Å². The number of para-hydroxylation sites is 1. The molecule has 0 saturated carbocycles. The highest BCUT2D eigenvalue weighted by atomic mass is 32.2. The number of amides is 1. The molecule has 3 rings (SSSR count). The molecule has 2 aliphatic heterocycles. The van der Waals surface area contributed by atoms with Gasteiger partial charge in [0.2, 0.25) is 5.91 Å². The van der Waals surface area contributed by atoms with Gasteiger partial charge in [0.05, 0.1) is 11.7 Å². The first kappa shape index (κ1) is 19.5. The van der Waals surface area contributed by atoms with E-state index in [9.17, 15) is 18.0 Å². The molecular weight excluding hydrogens is 366 g/mol. The minimum atomic E-state index is -3.96. The minimum Gasteiger partial charge on any atom is -0.341 e. The summed E-state index contributed by atoms with van der Waals surface area (Å²) in [5.74, 6) is -1.78. The number of benzene rings is 1. The molecule has 0 bridgehead atoms. The number of nitrogens with zero attached hydrogens (tertiary/aromatic N) is 2.